The largest absolute Gasteiger partial charge is 0.444 e. The van der Waals surface area contributed by atoms with Crippen molar-refractivity contribution >= 4 is 17.9 Å². The molecule has 0 fully saturated rings. The molecule has 3 unspecified atom stereocenters. The first kappa shape index (κ1) is 31.8. The van der Waals surface area contributed by atoms with Crippen LogP contribution in [0.3, 0.4) is 0 Å². The maximum atomic E-state index is 14.3. The van der Waals surface area contributed by atoms with Crippen molar-refractivity contribution in [2.75, 3.05) is 13.2 Å². The van der Waals surface area contributed by atoms with E-state index in [4.69, 9.17) is 4.74 Å². The van der Waals surface area contributed by atoms with Crippen LogP contribution < -0.4 is 10.6 Å². The first-order chi connectivity index (χ1) is 18.4. The molecule has 8 heteroatoms. The van der Waals surface area contributed by atoms with Crippen molar-refractivity contribution < 1.29 is 24.2 Å². The Morgan fingerprint density at radius 1 is 0.974 bits per heavy atom. The maximum Gasteiger partial charge on any atom is 0.408 e. The summed E-state index contributed by atoms with van der Waals surface area (Å²) >= 11 is 0. The van der Waals surface area contributed by atoms with Gasteiger partial charge in [0.25, 0.3) is 0 Å². The predicted molar refractivity (Wildman–Crippen MR) is 153 cm³/mol. The lowest BCUT2D eigenvalue weighted by atomic mass is 9.93. The normalized spacial score (nSPS) is 13.6. The van der Waals surface area contributed by atoms with E-state index in [0.29, 0.717) is 5.56 Å². The van der Waals surface area contributed by atoms with E-state index < -0.39 is 29.7 Å². The molecule has 0 aromatic heterocycles. The van der Waals surface area contributed by atoms with Gasteiger partial charge >= 0.3 is 6.09 Å². The third kappa shape index (κ3) is 9.70. The third-order valence-corrected chi connectivity index (χ3v) is 6.38. The van der Waals surface area contributed by atoms with Gasteiger partial charge in [-0.3, -0.25) is 9.59 Å². The minimum absolute atomic E-state index is 0.0891. The Bertz CT molecular complexity index is 1080. The van der Waals surface area contributed by atoms with Gasteiger partial charge in [0.15, 0.2) is 0 Å². The molecule has 8 nitrogen and oxygen atoms in total. The highest BCUT2D eigenvalue weighted by Gasteiger charge is 2.37. The Morgan fingerprint density at radius 3 is 2.13 bits per heavy atom. The van der Waals surface area contributed by atoms with Gasteiger partial charge < -0.3 is 25.4 Å². The number of carbonyl (C=O) groups excluding carboxylic acids is 3. The minimum atomic E-state index is -1.03. The summed E-state index contributed by atoms with van der Waals surface area (Å²) in [4.78, 5) is 42.3. The van der Waals surface area contributed by atoms with E-state index in [0.717, 1.165) is 29.5 Å². The van der Waals surface area contributed by atoms with E-state index in [-0.39, 0.29) is 31.5 Å². The molecule has 214 valence electrons. The number of nitrogens with zero attached hydrogens (tertiary/aromatic N) is 1. The molecular weight excluding hydrogens is 494 g/mol. The molecule has 0 bridgehead atoms. The number of hydrogen-bond acceptors (Lipinski definition) is 5. The summed E-state index contributed by atoms with van der Waals surface area (Å²) in [7, 11) is 0. The van der Waals surface area contributed by atoms with E-state index in [1.165, 1.54) is 4.90 Å². The number of ether oxygens (including phenoxy) is 1. The third-order valence-electron chi connectivity index (χ3n) is 6.38. The first-order valence-corrected chi connectivity index (χ1v) is 13.7. The van der Waals surface area contributed by atoms with E-state index in [1.807, 2.05) is 76.2 Å². The number of hydrogen-bond donors (Lipinski definition) is 3. The van der Waals surface area contributed by atoms with Gasteiger partial charge in [0.1, 0.15) is 17.7 Å². The summed E-state index contributed by atoms with van der Waals surface area (Å²) in [5, 5.41) is 15.8. The molecule has 0 saturated heterocycles. The fourth-order valence-corrected chi connectivity index (χ4v) is 4.69. The van der Waals surface area contributed by atoms with Gasteiger partial charge in [0.2, 0.25) is 11.8 Å². The molecule has 0 heterocycles. The van der Waals surface area contributed by atoms with Crippen molar-refractivity contribution in [3.63, 3.8) is 0 Å². The average Bonchev–Trinajstić information content (AvgIpc) is 2.84. The fourth-order valence-electron chi connectivity index (χ4n) is 4.69. The molecule has 0 spiro atoms. The Labute approximate surface area is 233 Å². The van der Waals surface area contributed by atoms with Crippen molar-refractivity contribution in [1.29, 1.82) is 0 Å². The van der Waals surface area contributed by atoms with Gasteiger partial charge in [-0.05, 0) is 70.2 Å². The van der Waals surface area contributed by atoms with Crippen molar-refractivity contribution in [2.45, 2.75) is 91.5 Å². The standard InChI is InChI=1S/C31H45N3O5/c1-8-13-23(4)32-28(36)27(26-21(2)14-12-15-22(26)3)34(18-19-35)29(37)25(20-24-16-10-9-11-17-24)33-30(38)39-31(5,6)7/h9-12,14-17,23,25,27,35H,8,13,18-20H2,1-7H3,(H,32,36)(H,33,38). The molecule has 0 aliphatic heterocycles. The van der Waals surface area contributed by atoms with Gasteiger partial charge in [-0.1, -0.05) is 61.9 Å². The second-order valence-corrected chi connectivity index (χ2v) is 11.1. The van der Waals surface area contributed by atoms with Gasteiger partial charge in [-0.25, -0.2) is 4.79 Å². The van der Waals surface area contributed by atoms with Crippen LogP contribution in [0.4, 0.5) is 4.79 Å². The summed E-state index contributed by atoms with van der Waals surface area (Å²) in [6.45, 7) is 12.6. The maximum absolute atomic E-state index is 14.3. The van der Waals surface area contributed by atoms with Gasteiger partial charge in [0, 0.05) is 19.0 Å². The lowest BCUT2D eigenvalue weighted by Crippen LogP contribution is -2.55. The number of carbonyl (C=O) groups is 3. The summed E-state index contributed by atoms with van der Waals surface area (Å²) in [5.41, 5.74) is 2.49. The summed E-state index contributed by atoms with van der Waals surface area (Å²) < 4.78 is 5.46. The molecule has 0 saturated carbocycles. The summed E-state index contributed by atoms with van der Waals surface area (Å²) in [6.07, 6.45) is 1.14. The van der Waals surface area contributed by atoms with Crippen molar-refractivity contribution in [3.05, 3.63) is 70.8 Å². The molecule has 2 aromatic carbocycles. The van der Waals surface area contributed by atoms with E-state index in [2.05, 4.69) is 10.6 Å². The number of aliphatic hydroxyl groups excluding tert-OH is 1. The summed E-state index contributed by atoms with van der Waals surface area (Å²) in [5.74, 6) is -0.810. The number of alkyl carbamates (subject to hydrolysis) is 1. The van der Waals surface area contributed by atoms with Crippen LogP contribution in [-0.4, -0.2) is 58.8 Å². The van der Waals surface area contributed by atoms with Crippen LogP contribution >= 0.6 is 0 Å². The Hall–Kier alpha value is -3.39. The lowest BCUT2D eigenvalue weighted by Gasteiger charge is -2.36. The molecule has 0 aliphatic rings. The molecule has 3 N–H and O–H groups in total. The molecular formula is C31H45N3O5. The second kappa shape index (κ2) is 14.7. The zero-order valence-electron chi connectivity index (χ0n) is 24.4. The zero-order valence-corrected chi connectivity index (χ0v) is 24.4. The van der Waals surface area contributed by atoms with Gasteiger partial charge in [0.05, 0.1) is 6.61 Å². The average molecular weight is 540 g/mol. The van der Waals surface area contributed by atoms with E-state index >= 15 is 0 Å². The smallest absolute Gasteiger partial charge is 0.408 e. The lowest BCUT2D eigenvalue weighted by molar-refractivity contribution is -0.143. The van der Waals surface area contributed by atoms with E-state index in [9.17, 15) is 19.5 Å². The number of amides is 3. The molecule has 2 aromatic rings. The first-order valence-electron chi connectivity index (χ1n) is 13.7. The predicted octanol–water partition coefficient (Wildman–Crippen LogP) is 4.61. The topological polar surface area (TPSA) is 108 Å². The molecule has 2 rings (SSSR count). The molecule has 3 atom stereocenters. The van der Waals surface area contributed by atoms with Crippen molar-refractivity contribution in [1.82, 2.24) is 15.5 Å². The van der Waals surface area contributed by atoms with Crippen molar-refractivity contribution in [3.8, 4) is 0 Å². The van der Waals surface area contributed by atoms with Crippen LogP contribution in [0.25, 0.3) is 0 Å². The summed E-state index contributed by atoms with van der Waals surface area (Å²) in [6, 6.07) is 12.9. The SMILES string of the molecule is CCCC(C)NC(=O)C(c1c(C)cccc1C)N(CCO)C(=O)C(Cc1ccccc1)NC(=O)OC(C)(C)C. The quantitative estimate of drug-likeness (QED) is 0.365. The highest BCUT2D eigenvalue weighted by Crippen LogP contribution is 2.29. The van der Waals surface area contributed by atoms with Crippen LogP contribution in [0.2, 0.25) is 0 Å². The number of aryl methyl sites for hydroxylation is 2. The monoisotopic (exact) mass is 539 g/mol. The highest BCUT2D eigenvalue weighted by molar-refractivity contribution is 5.92. The molecule has 0 radical (unpaired) electrons. The number of aliphatic hydroxyl groups is 1. The van der Waals surface area contributed by atoms with Crippen LogP contribution in [-0.2, 0) is 20.7 Å². The van der Waals surface area contributed by atoms with Crippen molar-refractivity contribution in [2.24, 2.45) is 0 Å². The van der Waals surface area contributed by atoms with Crippen LogP contribution in [0, 0.1) is 13.8 Å². The van der Waals surface area contributed by atoms with E-state index in [1.54, 1.807) is 20.8 Å². The number of benzene rings is 2. The Kier molecular flexibility index (Phi) is 12.0. The molecule has 0 aliphatic carbocycles. The van der Waals surface area contributed by atoms with Crippen LogP contribution in [0.1, 0.15) is 75.8 Å². The molecule has 3 amide bonds. The molecule has 39 heavy (non-hydrogen) atoms. The minimum Gasteiger partial charge on any atom is -0.444 e. The highest BCUT2D eigenvalue weighted by atomic mass is 16.6. The Balaban J connectivity index is 2.57. The Morgan fingerprint density at radius 2 is 1.59 bits per heavy atom. The number of nitrogens with one attached hydrogen (secondary N) is 2. The zero-order chi connectivity index (χ0) is 29.2. The number of rotatable bonds is 12. The van der Waals surface area contributed by atoms with Crippen LogP contribution in [0.5, 0.6) is 0 Å². The van der Waals surface area contributed by atoms with Crippen LogP contribution in [0.15, 0.2) is 48.5 Å². The van der Waals surface area contributed by atoms with Gasteiger partial charge in [-0.15, -0.1) is 0 Å². The second-order valence-electron chi connectivity index (χ2n) is 11.1. The fraction of sp³-hybridized carbons (Fsp3) is 0.516. The van der Waals surface area contributed by atoms with Gasteiger partial charge in [-0.2, -0.15) is 0 Å².